The maximum absolute atomic E-state index is 10.0. The Morgan fingerprint density at radius 3 is 1.53 bits per heavy atom. The number of piperidine rings is 1. The van der Waals surface area contributed by atoms with E-state index in [1.165, 1.54) is 0 Å². The molecule has 0 aliphatic carbocycles. The first-order valence-electron chi connectivity index (χ1n) is 11.1. The zero-order valence-electron chi connectivity index (χ0n) is 18.2. The summed E-state index contributed by atoms with van der Waals surface area (Å²) in [6.07, 6.45) is -0.873. The molecule has 0 saturated carbocycles. The van der Waals surface area contributed by atoms with Crippen molar-refractivity contribution in [1.82, 2.24) is 5.32 Å². The van der Waals surface area contributed by atoms with Gasteiger partial charge in [0.15, 0.2) is 0 Å². The largest absolute Gasteiger partial charge is 0.395 e. The normalized spacial score (nSPS) is 23.2. The second-order valence-electron chi connectivity index (χ2n) is 8.05. The lowest BCUT2D eigenvalue weighted by Gasteiger charge is -2.42. The Hall–Kier alpha value is -2.54. The van der Waals surface area contributed by atoms with E-state index >= 15 is 0 Å². The molecule has 0 spiro atoms. The van der Waals surface area contributed by atoms with Crippen LogP contribution < -0.4 is 5.32 Å². The van der Waals surface area contributed by atoms with Gasteiger partial charge in [0.2, 0.25) is 0 Å². The van der Waals surface area contributed by atoms with E-state index in [-0.39, 0.29) is 31.0 Å². The highest BCUT2D eigenvalue weighted by Gasteiger charge is 2.41. The molecule has 3 aromatic rings. The van der Waals surface area contributed by atoms with Gasteiger partial charge >= 0.3 is 0 Å². The lowest BCUT2D eigenvalue weighted by atomic mass is 9.95. The monoisotopic (exact) mass is 433 g/mol. The van der Waals surface area contributed by atoms with E-state index in [4.69, 9.17) is 14.2 Å². The number of aliphatic hydroxyl groups excluding tert-OH is 1. The van der Waals surface area contributed by atoms with Gasteiger partial charge in [-0.2, -0.15) is 0 Å². The zero-order valence-corrected chi connectivity index (χ0v) is 18.2. The average molecular weight is 434 g/mol. The minimum atomic E-state index is -0.349. The number of benzene rings is 3. The minimum Gasteiger partial charge on any atom is -0.395 e. The van der Waals surface area contributed by atoms with Crippen LogP contribution >= 0.6 is 0 Å². The molecule has 0 aromatic heterocycles. The van der Waals surface area contributed by atoms with Gasteiger partial charge in [-0.25, -0.2) is 0 Å². The van der Waals surface area contributed by atoms with Gasteiger partial charge in [-0.15, -0.1) is 0 Å². The van der Waals surface area contributed by atoms with Crippen LogP contribution in [0.1, 0.15) is 16.7 Å². The highest BCUT2D eigenvalue weighted by molar-refractivity contribution is 5.15. The molecule has 2 N–H and O–H groups in total. The first-order valence-corrected chi connectivity index (χ1v) is 11.1. The van der Waals surface area contributed by atoms with Crippen LogP contribution in [0.3, 0.4) is 0 Å². The van der Waals surface area contributed by atoms with Crippen LogP contribution in [0.4, 0.5) is 0 Å². The van der Waals surface area contributed by atoms with Gasteiger partial charge in [0.1, 0.15) is 12.2 Å². The standard InChI is InChI=1S/C27H31NO4/c29-17-24-26(31-19-22-12-6-2-7-13-22)27(32-20-23-14-8-3-9-15-23)25(16-28-24)30-18-21-10-4-1-5-11-21/h1-15,24-29H,16-20H2/t24?,25-,26+,27+/m0/s1. The third-order valence-electron chi connectivity index (χ3n) is 5.74. The quantitative estimate of drug-likeness (QED) is 0.511. The fraction of sp³-hybridized carbons (Fsp3) is 0.333. The Morgan fingerprint density at radius 1 is 0.625 bits per heavy atom. The Bertz CT molecular complexity index is 907. The second kappa shape index (κ2) is 11.9. The molecular weight excluding hydrogens is 402 g/mol. The molecule has 0 bridgehead atoms. The molecule has 32 heavy (non-hydrogen) atoms. The molecule has 1 unspecified atom stereocenters. The second-order valence-corrected chi connectivity index (χ2v) is 8.05. The van der Waals surface area contributed by atoms with Gasteiger partial charge in [-0.3, -0.25) is 0 Å². The first-order chi connectivity index (χ1) is 15.8. The van der Waals surface area contributed by atoms with Crippen LogP contribution in [0, 0.1) is 0 Å². The van der Waals surface area contributed by atoms with Gasteiger partial charge in [-0.1, -0.05) is 91.0 Å². The summed E-state index contributed by atoms with van der Waals surface area (Å²) in [5, 5.41) is 13.4. The van der Waals surface area contributed by atoms with Crippen molar-refractivity contribution in [2.45, 2.75) is 44.2 Å². The molecule has 3 aromatic carbocycles. The maximum Gasteiger partial charge on any atom is 0.113 e. The number of ether oxygens (including phenoxy) is 3. The smallest absolute Gasteiger partial charge is 0.113 e. The third-order valence-corrected chi connectivity index (χ3v) is 5.74. The first kappa shape index (κ1) is 22.6. The Balaban J connectivity index is 1.49. The molecule has 5 heteroatoms. The van der Waals surface area contributed by atoms with Crippen molar-refractivity contribution < 1.29 is 19.3 Å². The van der Waals surface area contributed by atoms with E-state index in [2.05, 4.69) is 17.4 Å². The van der Waals surface area contributed by atoms with Crippen LogP contribution in [0.25, 0.3) is 0 Å². The summed E-state index contributed by atoms with van der Waals surface area (Å²) in [6, 6.07) is 30.0. The molecular formula is C27H31NO4. The van der Waals surface area contributed by atoms with Gasteiger partial charge in [0.25, 0.3) is 0 Å². The van der Waals surface area contributed by atoms with E-state index in [1.807, 2.05) is 78.9 Å². The predicted octanol–water partition coefficient (Wildman–Crippen LogP) is 3.71. The molecule has 4 atom stereocenters. The van der Waals surface area contributed by atoms with Crippen molar-refractivity contribution in [2.24, 2.45) is 0 Å². The van der Waals surface area contributed by atoms with Crippen LogP contribution in [-0.4, -0.2) is 42.6 Å². The Kier molecular flexibility index (Phi) is 8.42. The van der Waals surface area contributed by atoms with Crippen molar-refractivity contribution in [1.29, 1.82) is 0 Å². The summed E-state index contributed by atoms with van der Waals surface area (Å²) >= 11 is 0. The van der Waals surface area contributed by atoms with Crippen molar-refractivity contribution in [3.05, 3.63) is 108 Å². The fourth-order valence-electron chi connectivity index (χ4n) is 3.99. The Labute approximate surface area is 190 Å². The van der Waals surface area contributed by atoms with Gasteiger partial charge in [0, 0.05) is 6.54 Å². The zero-order chi connectivity index (χ0) is 22.0. The summed E-state index contributed by atoms with van der Waals surface area (Å²) < 4.78 is 19.0. The average Bonchev–Trinajstić information content (AvgIpc) is 2.87. The molecule has 1 saturated heterocycles. The summed E-state index contributed by atoms with van der Waals surface area (Å²) in [5.41, 5.74) is 3.29. The van der Waals surface area contributed by atoms with E-state index < -0.39 is 0 Å². The van der Waals surface area contributed by atoms with Crippen molar-refractivity contribution in [3.8, 4) is 0 Å². The lowest BCUT2D eigenvalue weighted by Crippen LogP contribution is -2.63. The number of nitrogens with one attached hydrogen (secondary N) is 1. The topological polar surface area (TPSA) is 60.0 Å². The summed E-state index contributed by atoms with van der Waals surface area (Å²) in [6.45, 7) is 1.95. The van der Waals surface area contributed by atoms with E-state index in [0.717, 1.165) is 16.7 Å². The fourth-order valence-corrected chi connectivity index (χ4v) is 3.99. The molecule has 168 valence electrons. The predicted molar refractivity (Wildman–Crippen MR) is 124 cm³/mol. The molecule has 1 fully saturated rings. The highest BCUT2D eigenvalue weighted by Crippen LogP contribution is 2.23. The number of hydrogen-bond donors (Lipinski definition) is 2. The van der Waals surface area contributed by atoms with E-state index in [1.54, 1.807) is 0 Å². The minimum absolute atomic E-state index is 0.0317. The summed E-state index contributed by atoms with van der Waals surface area (Å²) in [7, 11) is 0. The van der Waals surface area contributed by atoms with Crippen LogP contribution in [-0.2, 0) is 34.0 Å². The van der Waals surface area contributed by atoms with Crippen LogP contribution in [0.2, 0.25) is 0 Å². The summed E-state index contributed by atoms with van der Waals surface area (Å²) in [4.78, 5) is 0. The van der Waals surface area contributed by atoms with Gasteiger partial charge < -0.3 is 24.6 Å². The van der Waals surface area contributed by atoms with Gasteiger partial charge in [-0.05, 0) is 16.7 Å². The molecule has 1 aliphatic rings. The van der Waals surface area contributed by atoms with E-state index in [9.17, 15) is 5.11 Å². The SMILES string of the molecule is OCC1NC[C@H](OCc2ccccc2)[C@@H](OCc2ccccc2)[C@@H]1OCc1ccccc1. The molecule has 0 radical (unpaired) electrons. The maximum atomic E-state index is 10.0. The molecule has 1 aliphatic heterocycles. The number of hydrogen-bond acceptors (Lipinski definition) is 5. The van der Waals surface area contributed by atoms with E-state index in [0.29, 0.717) is 26.4 Å². The Morgan fingerprint density at radius 2 is 1.06 bits per heavy atom. The number of rotatable bonds is 10. The number of aliphatic hydroxyl groups is 1. The van der Waals surface area contributed by atoms with Gasteiger partial charge in [0.05, 0.1) is 38.6 Å². The lowest BCUT2D eigenvalue weighted by molar-refractivity contribution is -0.179. The summed E-state index contributed by atoms with van der Waals surface area (Å²) in [5.74, 6) is 0. The van der Waals surface area contributed by atoms with Crippen molar-refractivity contribution >= 4 is 0 Å². The molecule has 0 amide bonds. The van der Waals surface area contributed by atoms with Crippen molar-refractivity contribution in [3.63, 3.8) is 0 Å². The van der Waals surface area contributed by atoms with Crippen LogP contribution in [0.5, 0.6) is 0 Å². The van der Waals surface area contributed by atoms with Crippen LogP contribution in [0.15, 0.2) is 91.0 Å². The highest BCUT2D eigenvalue weighted by atomic mass is 16.6. The molecule has 5 nitrogen and oxygen atoms in total. The molecule has 4 rings (SSSR count). The third kappa shape index (κ3) is 6.25. The molecule has 1 heterocycles. The van der Waals surface area contributed by atoms with Crippen molar-refractivity contribution in [2.75, 3.05) is 13.2 Å².